The minimum atomic E-state index is -2.05. The van der Waals surface area contributed by atoms with E-state index in [1.165, 1.54) is 5.56 Å². The smallest absolute Gasteiger partial charge is 0.199 e. The average Bonchev–Trinajstić information content (AvgIpc) is 2.73. The Hall–Kier alpha value is -1.84. The first-order valence-corrected chi connectivity index (χ1v) is 13.1. The lowest BCUT2D eigenvalue weighted by Gasteiger charge is -2.25. The molecule has 7 heteroatoms. The van der Waals surface area contributed by atoms with Crippen molar-refractivity contribution in [1.82, 2.24) is 0 Å². The molecule has 33 heavy (non-hydrogen) atoms. The fraction of sp³-hybridized carbons (Fsp3) is 0.308. The van der Waals surface area contributed by atoms with Crippen molar-refractivity contribution >= 4 is 27.4 Å². The fourth-order valence-corrected chi connectivity index (χ4v) is 4.01. The molecule has 0 aromatic heterocycles. The van der Waals surface area contributed by atoms with Crippen LogP contribution < -0.4 is 10.6 Å². The van der Waals surface area contributed by atoms with Gasteiger partial charge in [0.2, 0.25) is 0 Å². The molecule has 3 aromatic carbocycles. The average molecular weight is 489 g/mol. The summed E-state index contributed by atoms with van der Waals surface area (Å²) in [4.78, 5) is 36.2. The molecule has 0 saturated carbocycles. The topological polar surface area (TPSA) is 101 Å². The second kappa shape index (κ2) is 11.1. The summed E-state index contributed by atoms with van der Waals surface area (Å²) in [5, 5.41) is 10.8. The van der Waals surface area contributed by atoms with Gasteiger partial charge >= 0.3 is 0 Å². The van der Waals surface area contributed by atoms with Gasteiger partial charge in [0.1, 0.15) is 5.75 Å². The number of benzene rings is 3. The maximum atomic E-state index is 9.84. The summed E-state index contributed by atoms with van der Waals surface area (Å²) in [5.41, 5.74) is 4.28. The van der Waals surface area contributed by atoms with E-state index in [1.54, 1.807) is 54.6 Å². The lowest BCUT2D eigenvalue weighted by molar-refractivity contribution is 0.444. The first kappa shape index (κ1) is 27.4. The molecular formula is C26H34O5P2. The van der Waals surface area contributed by atoms with Crippen LogP contribution >= 0.6 is 16.8 Å². The molecule has 5 nitrogen and oxygen atoms in total. The van der Waals surface area contributed by atoms with E-state index >= 15 is 0 Å². The van der Waals surface area contributed by atoms with Gasteiger partial charge in [-0.2, -0.15) is 0 Å². The molecule has 0 aliphatic rings. The molecule has 0 atom stereocenters. The van der Waals surface area contributed by atoms with Crippen LogP contribution in [0.25, 0.3) is 11.1 Å². The zero-order valence-corrected chi connectivity index (χ0v) is 21.8. The molecule has 5 N–H and O–H groups in total. The lowest BCUT2D eigenvalue weighted by atomic mass is 9.80. The van der Waals surface area contributed by atoms with Crippen LogP contribution in [0.4, 0.5) is 0 Å². The summed E-state index contributed by atoms with van der Waals surface area (Å²) in [6, 6.07) is 19.8. The van der Waals surface area contributed by atoms with Gasteiger partial charge < -0.3 is 24.7 Å². The number of aromatic hydroxyl groups is 1. The van der Waals surface area contributed by atoms with Gasteiger partial charge in [0, 0.05) is 10.6 Å². The first-order valence-electron chi connectivity index (χ1n) is 10.6. The van der Waals surface area contributed by atoms with Gasteiger partial charge in [0.25, 0.3) is 0 Å². The van der Waals surface area contributed by atoms with Crippen molar-refractivity contribution in [3.05, 3.63) is 77.9 Å². The van der Waals surface area contributed by atoms with E-state index in [-0.39, 0.29) is 10.8 Å². The molecule has 0 radical (unpaired) electrons. The first-order chi connectivity index (χ1) is 15.2. The zero-order valence-electron chi connectivity index (χ0n) is 20.0. The van der Waals surface area contributed by atoms with Crippen molar-refractivity contribution in [1.29, 1.82) is 0 Å². The fourth-order valence-electron chi connectivity index (χ4n) is 3.18. The predicted molar refractivity (Wildman–Crippen MR) is 139 cm³/mol. The van der Waals surface area contributed by atoms with E-state index < -0.39 is 16.8 Å². The molecule has 3 aromatic rings. The Balaban J connectivity index is 0.000000238. The number of hydrogen-bond donors (Lipinski definition) is 5. The van der Waals surface area contributed by atoms with Crippen LogP contribution in [-0.2, 0) is 10.8 Å². The molecular weight excluding hydrogens is 454 g/mol. The second-order valence-electron chi connectivity index (χ2n) is 9.90. The van der Waals surface area contributed by atoms with Crippen LogP contribution in [0.5, 0.6) is 5.75 Å². The van der Waals surface area contributed by atoms with E-state index in [1.807, 2.05) is 6.07 Å². The molecule has 0 bridgehead atoms. The van der Waals surface area contributed by atoms with Crippen molar-refractivity contribution in [2.75, 3.05) is 0 Å². The summed E-state index contributed by atoms with van der Waals surface area (Å²) < 4.78 is 0. The lowest BCUT2D eigenvalue weighted by Crippen LogP contribution is -2.16. The summed E-state index contributed by atoms with van der Waals surface area (Å²) in [6.45, 7) is 12.9. The molecule has 178 valence electrons. The maximum Gasteiger partial charge on any atom is 0.199 e. The van der Waals surface area contributed by atoms with E-state index in [0.717, 1.165) is 16.7 Å². The maximum absolute atomic E-state index is 9.84. The highest BCUT2D eigenvalue weighted by Crippen LogP contribution is 2.34. The van der Waals surface area contributed by atoms with Crippen LogP contribution in [0, 0.1) is 0 Å². The normalized spacial score (nSPS) is 12.0. The predicted octanol–water partition coefficient (Wildman–Crippen LogP) is 5.18. The molecule has 0 aliphatic heterocycles. The summed E-state index contributed by atoms with van der Waals surface area (Å²) in [7, 11) is -4.11. The quantitative estimate of drug-likeness (QED) is 0.327. The highest BCUT2D eigenvalue weighted by atomic mass is 31.2. The molecule has 0 spiro atoms. The largest absolute Gasteiger partial charge is 0.508 e. The van der Waals surface area contributed by atoms with E-state index in [9.17, 15) is 5.11 Å². The Labute approximate surface area is 199 Å². The molecule has 0 saturated heterocycles. The van der Waals surface area contributed by atoms with Gasteiger partial charge in [-0.15, -0.1) is 0 Å². The van der Waals surface area contributed by atoms with Gasteiger partial charge in [-0.1, -0.05) is 77.9 Å². The highest BCUT2D eigenvalue weighted by molar-refractivity contribution is 7.54. The van der Waals surface area contributed by atoms with Gasteiger partial charge in [-0.25, -0.2) is 0 Å². The standard InChI is InChI=1S/C14H22O.C12H12O4P2/c1-13(2,3)10-7-8-12(15)11(9-10)14(4,5)6;13-17(14)11-5-1-9(2-6-11)10-3-7-12(8-4-10)18(15)16/h7-9,15H,1-6H3;1-8,13-16H. The molecule has 0 amide bonds. The van der Waals surface area contributed by atoms with Gasteiger partial charge in [-0.3, -0.25) is 0 Å². The Morgan fingerprint density at radius 1 is 0.545 bits per heavy atom. The van der Waals surface area contributed by atoms with E-state index in [2.05, 4.69) is 47.6 Å². The molecule has 0 aliphatic carbocycles. The SMILES string of the molecule is CC(C)(C)c1ccc(O)c(C(C)(C)C)c1.OP(O)c1ccc(-c2ccc(P(O)O)cc2)cc1. The Bertz CT molecular complexity index is 983. The van der Waals surface area contributed by atoms with Crippen molar-refractivity contribution < 1.29 is 24.7 Å². The van der Waals surface area contributed by atoms with Crippen molar-refractivity contribution in [2.24, 2.45) is 0 Å². The Morgan fingerprint density at radius 2 is 0.939 bits per heavy atom. The van der Waals surface area contributed by atoms with Gasteiger partial charge in [0.15, 0.2) is 16.8 Å². The van der Waals surface area contributed by atoms with Crippen molar-refractivity contribution in [2.45, 2.75) is 52.4 Å². The number of phenolic OH excluding ortho intramolecular Hbond substituents is 1. The summed E-state index contributed by atoms with van der Waals surface area (Å²) in [6.07, 6.45) is 0. The summed E-state index contributed by atoms with van der Waals surface area (Å²) >= 11 is 0. The van der Waals surface area contributed by atoms with E-state index in [0.29, 0.717) is 16.4 Å². The Morgan fingerprint density at radius 3 is 1.24 bits per heavy atom. The van der Waals surface area contributed by atoms with Gasteiger partial charge in [-0.05, 0) is 63.4 Å². The molecule has 3 rings (SSSR count). The number of phenols is 1. The van der Waals surface area contributed by atoms with E-state index in [4.69, 9.17) is 19.6 Å². The molecule has 0 fully saturated rings. The third kappa shape index (κ3) is 7.86. The van der Waals surface area contributed by atoms with Crippen LogP contribution in [0.1, 0.15) is 52.7 Å². The van der Waals surface area contributed by atoms with Gasteiger partial charge in [0.05, 0.1) is 0 Å². The second-order valence-corrected chi connectivity index (χ2v) is 12.1. The van der Waals surface area contributed by atoms with Crippen LogP contribution in [-0.4, -0.2) is 24.7 Å². The number of hydrogen-bond acceptors (Lipinski definition) is 5. The summed E-state index contributed by atoms with van der Waals surface area (Å²) in [5.74, 6) is 0.399. The Kier molecular flexibility index (Phi) is 9.18. The van der Waals surface area contributed by atoms with Crippen molar-refractivity contribution in [3.63, 3.8) is 0 Å². The van der Waals surface area contributed by atoms with Crippen LogP contribution in [0.15, 0.2) is 66.7 Å². The third-order valence-electron chi connectivity index (χ3n) is 5.20. The van der Waals surface area contributed by atoms with Crippen LogP contribution in [0.2, 0.25) is 0 Å². The van der Waals surface area contributed by atoms with Crippen LogP contribution in [0.3, 0.4) is 0 Å². The zero-order chi connectivity index (χ0) is 25.0. The van der Waals surface area contributed by atoms with Crippen molar-refractivity contribution in [3.8, 4) is 16.9 Å². The minimum absolute atomic E-state index is 0.00859. The monoisotopic (exact) mass is 488 g/mol. The molecule has 0 unspecified atom stereocenters. The third-order valence-corrected chi connectivity index (χ3v) is 6.72. The highest BCUT2D eigenvalue weighted by Gasteiger charge is 2.21. The number of rotatable bonds is 3. The minimum Gasteiger partial charge on any atom is -0.508 e. The molecule has 0 heterocycles.